The van der Waals surface area contributed by atoms with Gasteiger partial charge in [-0.3, -0.25) is 4.79 Å². The quantitative estimate of drug-likeness (QED) is 0.836. The van der Waals surface area contributed by atoms with Crippen LogP contribution in [0.5, 0.6) is 0 Å². The highest BCUT2D eigenvalue weighted by Gasteiger charge is 2.15. The van der Waals surface area contributed by atoms with Gasteiger partial charge in [0.1, 0.15) is 5.82 Å². The lowest BCUT2D eigenvalue weighted by molar-refractivity contribution is -0.141. The van der Waals surface area contributed by atoms with Gasteiger partial charge in [-0.05, 0) is 24.1 Å². The lowest BCUT2D eigenvalue weighted by Gasteiger charge is -2.04. The Morgan fingerprint density at radius 2 is 2.31 bits per heavy atom. The molecule has 1 unspecified atom stereocenters. The summed E-state index contributed by atoms with van der Waals surface area (Å²) >= 11 is 0. The van der Waals surface area contributed by atoms with E-state index in [1.807, 2.05) is 0 Å². The van der Waals surface area contributed by atoms with Crippen molar-refractivity contribution in [3.05, 3.63) is 35.8 Å². The number of aliphatic carboxylic acids is 1. The van der Waals surface area contributed by atoms with Crippen molar-refractivity contribution in [3.63, 3.8) is 0 Å². The average molecular weight is 221 g/mol. The van der Waals surface area contributed by atoms with Crippen LogP contribution in [0.4, 0.5) is 4.39 Å². The monoisotopic (exact) mass is 221 g/mol. The molecule has 0 aliphatic heterocycles. The van der Waals surface area contributed by atoms with E-state index in [1.165, 1.54) is 6.07 Å². The Balaban J connectivity index is 2.42. The van der Waals surface area contributed by atoms with Crippen LogP contribution in [-0.4, -0.2) is 16.1 Å². The zero-order valence-electron chi connectivity index (χ0n) is 8.83. The van der Waals surface area contributed by atoms with Crippen molar-refractivity contribution < 1.29 is 14.3 Å². The Morgan fingerprint density at radius 3 is 3.00 bits per heavy atom. The average Bonchev–Trinajstić information content (AvgIpc) is 2.63. The standard InChI is InChI=1S/C12H12FNO2/c1-7(12(15)16)5-8-6-14-10-4-2-3-9(13)11(8)10/h2-4,6-7,14H,5H2,1H3,(H,15,16). The number of carbonyl (C=O) groups is 1. The predicted octanol–water partition coefficient (Wildman–Crippen LogP) is 2.57. The molecule has 2 aromatic rings. The molecule has 0 spiro atoms. The largest absolute Gasteiger partial charge is 0.481 e. The van der Waals surface area contributed by atoms with E-state index >= 15 is 0 Å². The lowest BCUT2D eigenvalue weighted by Crippen LogP contribution is -2.12. The van der Waals surface area contributed by atoms with Gasteiger partial charge in [0, 0.05) is 17.1 Å². The Morgan fingerprint density at radius 1 is 1.56 bits per heavy atom. The van der Waals surface area contributed by atoms with Crippen LogP contribution in [0.1, 0.15) is 12.5 Å². The highest BCUT2D eigenvalue weighted by Crippen LogP contribution is 2.23. The summed E-state index contributed by atoms with van der Waals surface area (Å²) in [7, 11) is 0. The normalized spacial score (nSPS) is 12.9. The number of fused-ring (bicyclic) bond motifs is 1. The molecule has 0 saturated heterocycles. The first kappa shape index (κ1) is 10.7. The van der Waals surface area contributed by atoms with E-state index in [2.05, 4.69) is 4.98 Å². The number of aromatic amines is 1. The molecule has 1 atom stereocenters. The fraction of sp³-hybridized carbons (Fsp3) is 0.250. The Kier molecular flexibility index (Phi) is 2.64. The molecule has 1 heterocycles. The summed E-state index contributed by atoms with van der Waals surface area (Å²) in [6.07, 6.45) is 2.00. The number of rotatable bonds is 3. The fourth-order valence-electron chi connectivity index (χ4n) is 1.79. The van der Waals surface area contributed by atoms with Gasteiger partial charge < -0.3 is 10.1 Å². The number of halogens is 1. The summed E-state index contributed by atoms with van der Waals surface area (Å²) in [5.74, 6) is -1.70. The highest BCUT2D eigenvalue weighted by atomic mass is 19.1. The number of H-pyrrole nitrogens is 1. The van der Waals surface area contributed by atoms with E-state index < -0.39 is 11.9 Å². The van der Waals surface area contributed by atoms with Gasteiger partial charge in [-0.1, -0.05) is 13.0 Å². The van der Waals surface area contributed by atoms with Crippen molar-refractivity contribution in [3.8, 4) is 0 Å². The number of benzene rings is 1. The van der Waals surface area contributed by atoms with Crippen molar-refractivity contribution in [2.75, 3.05) is 0 Å². The van der Waals surface area contributed by atoms with E-state index in [1.54, 1.807) is 25.3 Å². The molecular weight excluding hydrogens is 209 g/mol. The second-order valence-corrected chi connectivity index (χ2v) is 3.92. The van der Waals surface area contributed by atoms with E-state index in [-0.39, 0.29) is 5.82 Å². The van der Waals surface area contributed by atoms with Gasteiger partial charge in [0.15, 0.2) is 0 Å². The Hall–Kier alpha value is -1.84. The molecule has 0 fully saturated rings. The summed E-state index contributed by atoms with van der Waals surface area (Å²) < 4.78 is 13.6. The molecule has 2 rings (SSSR count). The third-order valence-corrected chi connectivity index (χ3v) is 2.68. The molecule has 3 nitrogen and oxygen atoms in total. The van der Waals surface area contributed by atoms with E-state index in [0.717, 1.165) is 0 Å². The minimum atomic E-state index is -0.870. The van der Waals surface area contributed by atoms with E-state index in [4.69, 9.17) is 5.11 Å². The maximum atomic E-state index is 13.6. The molecular formula is C12H12FNO2. The molecule has 0 aliphatic carbocycles. The van der Waals surface area contributed by atoms with Crippen molar-refractivity contribution in [2.24, 2.45) is 5.92 Å². The van der Waals surface area contributed by atoms with Crippen LogP contribution in [0.3, 0.4) is 0 Å². The highest BCUT2D eigenvalue weighted by molar-refractivity contribution is 5.84. The van der Waals surface area contributed by atoms with Gasteiger partial charge in [0.05, 0.1) is 5.92 Å². The van der Waals surface area contributed by atoms with E-state index in [0.29, 0.717) is 22.9 Å². The van der Waals surface area contributed by atoms with Crippen LogP contribution in [0.25, 0.3) is 10.9 Å². The van der Waals surface area contributed by atoms with Crippen molar-refractivity contribution >= 4 is 16.9 Å². The maximum Gasteiger partial charge on any atom is 0.306 e. The molecule has 0 bridgehead atoms. The minimum absolute atomic E-state index is 0.314. The molecule has 0 amide bonds. The zero-order valence-corrected chi connectivity index (χ0v) is 8.83. The van der Waals surface area contributed by atoms with Crippen LogP contribution >= 0.6 is 0 Å². The summed E-state index contributed by atoms with van der Waals surface area (Å²) in [6.45, 7) is 1.61. The third kappa shape index (κ3) is 1.78. The van der Waals surface area contributed by atoms with Crippen LogP contribution in [0.15, 0.2) is 24.4 Å². The molecule has 2 N–H and O–H groups in total. The van der Waals surface area contributed by atoms with Gasteiger partial charge in [-0.25, -0.2) is 4.39 Å². The first-order valence-corrected chi connectivity index (χ1v) is 5.07. The second kappa shape index (κ2) is 3.96. The van der Waals surface area contributed by atoms with Crippen LogP contribution in [0, 0.1) is 11.7 Å². The minimum Gasteiger partial charge on any atom is -0.481 e. The van der Waals surface area contributed by atoms with Gasteiger partial charge in [0.25, 0.3) is 0 Å². The molecule has 84 valence electrons. The smallest absolute Gasteiger partial charge is 0.306 e. The first-order chi connectivity index (χ1) is 7.59. The number of nitrogens with one attached hydrogen (secondary N) is 1. The zero-order chi connectivity index (χ0) is 11.7. The van der Waals surface area contributed by atoms with Gasteiger partial charge >= 0.3 is 5.97 Å². The van der Waals surface area contributed by atoms with Crippen molar-refractivity contribution in [1.82, 2.24) is 4.98 Å². The van der Waals surface area contributed by atoms with E-state index in [9.17, 15) is 9.18 Å². The number of hydrogen-bond acceptors (Lipinski definition) is 1. The fourth-order valence-corrected chi connectivity index (χ4v) is 1.79. The second-order valence-electron chi connectivity index (χ2n) is 3.92. The molecule has 0 saturated carbocycles. The first-order valence-electron chi connectivity index (χ1n) is 5.07. The number of hydrogen-bond donors (Lipinski definition) is 2. The third-order valence-electron chi connectivity index (χ3n) is 2.68. The summed E-state index contributed by atoms with van der Waals surface area (Å²) in [4.78, 5) is 13.7. The Bertz CT molecular complexity index is 533. The number of carboxylic acids is 1. The number of aromatic nitrogens is 1. The molecule has 4 heteroatoms. The topological polar surface area (TPSA) is 53.1 Å². The molecule has 0 aliphatic rings. The van der Waals surface area contributed by atoms with Crippen molar-refractivity contribution in [2.45, 2.75) is 13.3 Å². The van der Waals surface area contributed by atoms with Crippen LogP contribution < -0.4 is 0 Å². The summed E-state index contributed by atoms with van der Waals surface area (Å²) in [6, 6.07) is 4.77. The molecule has 1 aromatic carbocycles. The predicted molar refractivity (Wildman–Crippen MR) is 58.8 cm³/mol. The molecule has 16 heavy (non-hydrogen) atoms. The van der Waals surface area contributed by atoms with Crippen molar-refractivity contribution in [1.29, 1.82) is 0 Å². The maximum absolute atomic E-state index is 13.6. The molecule has 1 aromatic heterocycles. The summed E-state index contributed by atoms with van der Waals surface area (Å²) in [5.41, 5.74) is 1.41. The van der Waals surface area contributed by atoms with Crippen LogP contribution in [-0.2, 0) is 11.2 Å². The van der Waals surface area contributed by atoms with Gasteiger partial charge in [-0.15, -0.1) is 0 Å². The lowest BCUT2D eigenvalue weighted by atomic mass is 10.0. The van der Waals surface area contributed by atoms with Gasteiger partial charge in [-0.2, -0.15) is 0 Å². The Labute approximate surface area is 91.9 Å². The van der Waals surface area contributed by atoms with Gasteiger partial charge in [0.2, 0.25) is 0 Å². The van der Waals surface area contributed by atoms with Crippen LogP contribution in [0.2, 0.25) is 0 Å². The molecule has 0 radical (unpaired) electrons. The SMILES string of the molecule is CC(Cc1c[nH]c2cccc(F)c12)C(=O)O. The summed E-state index contributed by atoms with van der Waals surface area (Å²) in [5, 5.41) is 9.31. The number of carboxylic acid groups (broad SMARTS) is 1.